The number of fused-ring (bicyclic) bond motifs is 1. The molecule has 2 N–H and O–H groups in total. The third kappa shape index (κ3) is 2.12. The molecule has 2 aromatic rings. The highest BCUT2D eigenvalue weighted by molar-refractivity contribution is 5.33. The summed E-state index contributed by atoms with van der Waals surface area (Å²) in [7, 11) is 0. The van der Waals surface area contributed by atoms with Crippen LogP contribution in [0, 0.1) is 0 Å². The molecule has 0 aliphatic heterocycles. The number of rotatable bonds is 4. The van der Waals surface area contributed by atoms with Crippen molar-refractivity contribution in [2.45, 2.75) is 32.2 Å². The van der Waals surface area contributed by atoms with Gasteiger partial charge in [0.2, 0.25) is 0 Å². The summed E-state index contributed by atoms with van der Waals surface area (Å²) in [6, 6.07) is 0.163. The highest BCUT2D eigenvalue weighted by Crippen LogP contribution is 2.05. The van der Waals surface area contributed by atoms with E-state index in [-0.39, 0.29) is 6.04 Å². The SMILES string of the molecule is CCCC(N)Cc1nnc2cnccn12. The van der Waals surface area contributed by atoms with E-state index in [1.165, 1.54) is 0 Å². The van der Waals surface area contributed by atoms with Gasteiger partial charge in [0.05, 0.1) is 6.20 Å². The van der Waals surface area contributed by atoms with Crippen LogP contribution in [0.25, 0.3) is 5.65 Å². The van der Waals surface area contributed by atoms with Gasteiger partial charge in [-0.1, -0.05) is 13.3 Å². The van der Waals surface area contributed by atoms with Gasteiger partial charge >= 0.3 is 0 Å². The van der Waals surface area contributed by atoms with Crippen molar-refractivity contribution in [2.24, 2.45) is 5.73 Å². The van der Waals surface area contributed by atoms with E-state index in [0.717, 1.165) is 30.7 Å². The lowest BCUT2D eigenvalue weighted by Gasteiger charge is -2.07. The minimum Gasteiger partial charge on any atom is -0.327 e. The first-order chi connectivity index (χ1) is 7.31. The quantitative estimate of drug-likeness (QED) is 0.801. The highest BCUT2D eigenvalue weighted by atomic mass is 15.2. The van der Waals surface area contributed by atoms with Crippen molar-refractivity contribution in [3.63, 3.8) is 0 Å². The number of hydrogen-bond donors (Lipinski definition) is 1. The molecule has 0 aliphatic rings. The van der Waals surface area contributed by atoms with E-state index in [1.54, 1.807) is 12.4 Å². The van der Waals surface area contributed by atoms with Crippen molar-refractivity contribution in [1.82, 2.24) is 19.6 Å². The van der Waals surface area contributed by atoms with Crippen molar-refractivity contribution < 1.29 is 0 Å². The lowest BCUT2D eigenvalue weighted by Crippen LogP contribution is -2.23. The lowest BCUT2D eigenvalue weighted by molar-refractivity contribution is 0.582. The van der Waals surface area contributed by atoms with Crippen LogP contribution in [0.4, 0.5) is 0 Å². The minimum atomic E-state index is 0.163. The Morgan fingerprint density at radius 1 is 1.47 bits per heavy atom. The summed E-state index contributed by atoms with van der Waals surface area (Å²) in [5.74, 6) is 0.911. The predicted molar refractivity (Wildman–Crippen MR) is 57.4 cm³/mol. The van der Waals surface area contributed by atoms with Crippen LogP contribution >= 0.6 is 0 Å². The standard InChI is InChI=1S/C10H15N5/c1-2-3-8(11)6-9-13-14-10-7-12-4-5-15(9)10/h4-5,7-8H,2-3,6,11H2,1H3. The lowest BCUT2D eigenvalue weighted by atomic mass is 10.1. The molecule has 0 spiro atoms. The Labute approximate surface area is 88.3 Å². The summed E-state index contributed by atoms with van der Waals surface area (Å²) in [5, 5.41) is 8.14. The molecule has 0 radical (unpaired) electrons. The van der Waals surface area contributed by atoms with E-state index in [0.29, 0.717) is 0 Å². The summed E-state index contributed by atoms with van der Waals surface area (Å²) in [6.07, 6.45) is 8.16. The topological polar surface area (TPSA) is 69.1 Å². The van der Waals surface area contributed by atoms with Crippen LogP contribution in [0.2, 0.25) is 0 Å². The Kier molecular flexibility index (Phi) is 2.91. The third-order valence-electron chi connectivity index (χ3n) is 2.39. The first-order valence-corrected chi connectivity index (χ1v) is 5.20. The molecule has 2 heterocycles. The van der Waals surface area contributed by atoms with Gasteiger partial charge in [-0.25, -0.2) is 0 Å². The second-order valence-corrected chi connectivity index (χ2v) is 3.67. The smallest absolute Gasteiger partial charge is 0.179 e. The molecule has 0 aliphatic carbocycles. The zero-order valence-corrected chi connectivity index (χ0v) is 8.80. The first kappa shape index (κ1) is 10.0. The fourth-order valence-electron chi connectivity index (χ4n) is 1.65. The van der Waals surface area contributed by atoms with Crippen LogP contribution in [0.1, 0.15) is 25.6 Å². The van der Waals surface area contributed by atoms with Crippen LogP contribution in [0.5, 0.6) is 0 Å². The number of nitrogens with zero attached hydrogens (tertiary/aromatic N) is 4. The zero-order chi connectivity index (χ0) is 10.7. The molecule has 80 valence electrons. The van der Waals surface area contributed by atoms with Gasteiger partial charge in [-0.3, -0.25) is 9.38 Å². The third-order valence-corrected chi connectivity index (χ3v) is 2.39. The number of hydrogen-bond acceptors (Lipinski definition) is 4. The van der Waals surface area contributed by atoms with E-state index >= 15 is 0 Å². The molecule has 0 aromatic carbocycles. The molecular formula is C10H15N5. The summed E-state index contributed by atoms with van der Waals surface area (Å²) < 4.78 is 1.93. The van der Waals surface area contributed by atoms with Crippen molar-refractivity contribution in [3.05, 3.63) is 24.4 Å². The zero-order valence-electron chi connectivity index (χ0n) is 8.80. The summed E-state index contributed by atoms with van der Waals surface area (Å²) >= 11 is 0. The fraction of sp³-hybridized carbons (Fsp3) is 0.500. The Morgan fingerprint density at radius 2 is 2.33 bits per heavy atom. The molecule has 0 saturated heterocycles. The van der Waals surface area contributed by atoms with Crippen LogP contribution in [0.3, 0.4) is 0 Å². The maximum atomic E-state index is 5.97. The molecule has 0 fully saturated rings. The maximum absolute atomic E-state index is 5.97. The van der Waals surface area contributed by atoms with E-state index in [1.807, 2.05) is 10.6 Å². The fourth-order valence-corrected chi connectivity index (χ4v) is 1.65. The predicted octanol–water partition coefficient (Wildman–Crippen LogP) is 0.794. The van der Waals surface area contributed by atoms with Crippen molar-refractivity contribution >= 4 is 5.65 Å². The van der Waals surface area contributed by atoms with Crippen LogP contribution in [0.15, 0.2) is 18.6 Å². The molecule has 0 amide bonds. The van der Waals surface area contributed by atoms with Crippen molar-refractivity contribution in [2.75, 3.05) is 0 Å². The summed E-state index contributed by atoms with van der Waals surface area (Å²) in [5.41, 5.74) is 6.74. The Morgan fingerprint density at radius 3 is 3.13 bits per heavy atom. The van der Waals surface area contributed by atoms with E-state index in [2.05, 4.69) is 22.1 Å². The van der Waals surface area contributed by atoms with E-state index in [9.17, 15) is 0 Å². The Balaban J connectivity index is 2.21. The second-order valence-electron chi connectivity index (χ2n) is 3.67. The molecular weight excluding hydrogens is 190 g/mol. The van der Waals surface area contributed by atoms with Gasteiger partial charge in [0.25, 0.3) is 0 Å². The van der Waals surface area contributed by atoms with Gasteiger partial charge in [-0.2, -0.15) is 0 Å². The molecule has 0 saturated carbocycles. The number of aromatic nitrogens is 4. The number of nitrogens with two attached hydrogens (primary N) is 1. The maximum Gasteiger partial charge on any atom is 0.179 e. The molecule has 1 atom stereocenters. The summed E-state index contributed by atoms with van der Waals surface area (Å²) in [6.45, 7) is 2.13. The van der Waals surface area contributed by atoms with Gasteiger partial charge in [0.1, 0.15) is 5.82 Å². The Bertz CT molecular complexity index is 436. The second kappa shape index (κ2) is 4.35. The van der Waals surface area contributed by atoms with Crippen LogP contribution < -0.4 is 5.73 Å². The van der Waals surface area contributed by atoms with Crippen molar-refractivity contribution in [3.8, 4) is 0 Å². The monoisotopic (exact) mass is 205 g/mol. The van der Waals surface area contributed by atoms with E-state index in [4.69, 9.17) is 5.73 Å². The van der Waals surface area contributed by atoms with Gasteiger partial charge in [-0.05, 0) is 6.42 Å². The summed E-state index contributed by atoms with van der Waals surface area (Å²) in [4.78, 5) is 3.99. The van der Waals surface area contributed by atoms with Gasteiger partial charge in [0.15, 0.2) is 5.65 Å². The van der Waals surface area contributed by atoms with E-state index < -0.39 is 0 Å². The molecule has 1 unspecified atom stereocenters. The van der Waals surface area contributed by atoms with Crippen molar-refractivity contribution in [1.29, 1.82) is 0 Å². The van der Waals surface area contributed by atoms with Gasteiger partial charge in [-0.15, -0.1) is 10.2 Å². The largest absolute Gasteiger partial charge is 0.327 e. The van der Waals surface area contributed by atoms with Crippen LogP contribution in [-0.2, 0) is 6.42 Å². The minimum absolute atomic E-state index is 0.163. The average Bonchev–Trinajstić information content (AvgIpc) is 2.62. The van der Waals surface area contributed by atoms with Crippen LogP contribution in [-0.4, -0.2) is 25.6 Å². The molecule has 2 aromatic heterocycles. The molecule has 2 rings (SSSR count). The highest BCUT2D eigenvalue weighted by Gasteiger charge is 2.09. The Hall–Kier alpha value is -1.49. The van der Waals surface area contributed by atoms with Gasteiger partial charge < -0.3 is 5.73 Å². The molecule has 15 heavy (non-hydrogen) atoms. The average molecular weight is 205 g/mol. The first-order valence-electron chi connectivity index (χ1n) is 5.20. The van der Waals surface area contributed by atoms with Gasteiger partial charge in [0, 0.05) is 24.9 Å². The molecule has 5 heteroatoms. The molecule has 5 nitrogen and oxygen atoms in total. The normalized spacial score (nSPS) is 13.2. The molecule has 0 bridgehead atoms.